The predicted molar refractivity (Wildman–Crippen MR) is 117 cm³/mol. The van der Waals surface area contributed by atoms with Crippen molar-refractivity contribution in [2.45, 2.75) is 20.3 Å². The van der Waals surface area contributed by atoms with Gasteiger partial charge in [0.2, 0.25) is 0 Å². The highest BCUT2D eigenvalue weighted by Crippen LogP contribution is 2.32. The van der Waals surface area contributed by atoms with Gasteiger partial charge in [0.1, 0.15) is 11.6 Å². The Morgan fingerprint density at radius 1 is 0.900 bits per heavy atom. The highest BCUT2D eigenvalue weighted by Gasteiger charge is 2.18. The van der Waals surface area contributed by atoms with E-state index in [2.05, 4.69) is 31.2 Å². The van der Waals surface area contributed by atoms with E-state index < -0.39 is 0 Å². The first-order valence-electron chi connectivity index (χ1n) is 10.0. The number of hydrogen-bond acceptors (Lipinski definition) is 2. The lowest BCUT2D eigenvalue weighted by atomic mass is 10.0. The first-order chi connectivity index (χ1) is 14.6. The molecule has 0 aliphatic carbocycles. The quantitative estimate of drug-likeness (QED) is 0.381. The molecule has 2 aromatic carbocycles. The SMILES string of the molecule is CCc1ccc(-c2c(C)nn3c(-c4ccc(F)cc4)cc(-n4cccc4)nc23)cc1. The van der Waals surface area contributed by atoms with Gasteiger partial charge in [-0.25, -0.2) is 13.9 Å². The van der Waals surface area contributed by atoms with Crippen LogP contribution in [0.15, 0.2) is 79.1 Å². The fourth-order valence-electron chi connectivity index (χ4n) is 3.80. The largest absolute Gasteiger partial charge is 0.309 e. The molecule has 3 aromatic heterocycles. The Morgan fingerprint density at radius 3 is 2.23 bits per heavy atom. The van der Waals surface area contributed by atoms with Crippen LogP contribution in [0.1, 0.15) is 18.2 Å². The average molecular weight is 396 g/mol. The monoisotopic (exact) mass is 396 g/mol. The van der Waals surface area contributed by atoms with Crippen molar-refractivity contribution < 1.29 is 4.39 Å². The van der Waals surface area contributed by atoms with E-state index in [9.17, 15) is 4.39 Å². The molecule has 0 amide bonds. The molecule has 0 aliphatic heterocycles. The van der Waals surface area contributed by atoms with Gasteiger partial charge in [-0.05, 0) is 60.9 Å². The molecule has 0 bridgehead atoms. The van der Waals surface area contributed by atoms with Crippen LogP contribution >= 0.6 is 0 Å². The molecule has 5 aromatic rings. The second kappa shape index (κ2) is 7.26. The summed E-state index contributed by atoms with van der Waals surface area (Å²) in [5.41, 5.74) is 6.82. The van der Waals surface area contributed by atoms with Gasteiger partial charge >= 0.3 is 0 Å². The minimum atomic E-state index is -0.261. The van der Waals surface area contributed by atoms with Crippen molar-refractivity contribution in [3.8, 4) is 28.2 Å². The average Bonchev–Trinajstić information content (AvgIpc) is 3.41. The molecule has 0 unspecified atom stereocenters. The van der Waals surface area contributed by atoms with Gasteiger partial charge in [0.25, 0.3) is 0 Å². The summed E-state index contributed by atoms with van der Waals surface area (Å²) in [7, 11) is 0. The second-order valence-corrected chi connectivity index (χ2v) is 7.34. The Kier molecular flexibility index (Phi) is 4.43. The molecule has 0 saturated heterocycles. The number of rotatable bonds is 4. The smallest absolute Gasteiger partial charge is 0.166 e. The lowest BCUT2D eigenvalue weighted by Crippen LogP contribution is -2.02. The summed E-state index contributed by atoms with van der Waals surface area (Å²) in [5.74, 6) is 0.529. The number of hydrogen-bond donors (Lipinski definition) is 0. The van der Waals surface area contributed by atoms with Crippen molar-refractivity contribution in [3.05, 3.63) is 96.2 Å². The maximum atomic E-state index is 13.5. The van der Waals surface area contributed by atoms with Crippen LogP contribution in [0.25, 0.3) is 33.8 Å². The maximum absolute atomic E-state index is 13.5. The van der Waals surface area contributed by atoms with E-state index in [4.69, 9.17) is 10.1 Å². The molecular formula is C25H21FN4. The number of halogens is 1. The van der Waals surface area contributed by atoms with E-state index >= 15 is 0 Å². The molecule has 0 saturated carbocycles. The van der Waals surface area contributed by atoms with E-state index in [1.54, 1.807) is 12.1 Å². The second-order valence-electron chi connectivity index (χ2n) is 7.34. The third-order valence-electron chi connectivity index (χ3n) is 5.41. The molecule has 0 N–H and O–H groups in total. The lowest BCUT2D eigenvalue weighted by Gasteiger charge is -2.10. The molecule has 3 heterocycles. The maximum Gasteiger partial charge on any atom is 0.166 e. The summed E-state index contributed by atoms with van der Waals surface area (Å²) in [6.07, 6.45) is 4.93. The van der Waals surface area contributed by atoms with Crippen molar-refractivity contribution in [2.75, 3.05) is 0 Å². The standard InChI is InChI=1S/C25H21FN4/c1-3-18-6-8-20(9-7-18)24-17(2)28-30-22(19-10-12-21(26)13-11-19)16-23(27-25(24)30)29-14-4-5-15-29/h4-16H,3H2,1-2H3. The van der Waals surface area contributed by atoms with Crippen molar-refractivity contribution >= 4 is 5.65 Å². The molecule has 5 rings (SSSR count). The molecule has 30 heavy (non-hydrogen) atoms. The topological polar surface area (TPSA) is 35.1 Å². The highest BCUT2D eigenvalue weighted by molar-refractivity contribution is 5.82. The van der Waals surface area contributed by atoms with Crippen LogP contribution in [0.5, 0.6) is 0 Å². The van der Waals surface area contributed by atoms with Gasteiger partial charge in [-0.3, -0.25) is 0 Å². The third-order valence-corrected chi connectivity index (χ3v) is 5.41. The van der Waals surface area contributed by atoms with Crippen molar-refractivity contribution in [3.63, 3.8) is 0 Å². The van der Waals surface area contributed by atoms with Crippen molar-refractivity contribution in [2.24, 2.45) is 0 Å². The van der Waals surface area contributed by atoms with E-state index in [1.165, 1.54) is 17.7 Å². The summed E-state index contributed by atoms with van der Waals surface area (Å²) in [6, 6.07) is 21.0. The molecule has 0 aliphatic rings. The molecule has 0 atom stereocenters. The Morgan fingerprint density at radius 2 is 1.57 bits per heavy atom. The molecule has 0 spiro atoms. The van der Waals surface area contributed by atoms with Crippen LogP contribution in [-0.2, 0) is 6.42 Å². The Hall–Kier alpha value is -3.73. The fraction of sp³-hybridized carbons (Fsp3) is 0.120. The first kappa shape index (κ1) is 18.3. The van der Waals surface area contributed by atoms with Gasteiger partial charge in [0.15, 0.2) is 5.65 Å². The Bertz CT molecular complexity index is 1310. The minimum absolute atomic E-state index is 0.261. The molecular weight excluding hydrogens is 375 g/mol. The molecule has 0 fully saturated rings. The van der Waals surface area contributed by atoms with Gasteiger partial charge in [-0.1, -0.05) is 31.2 Å². The normalized spacial score (nSPS) is 11.3. The first-order valence-corrected chi connectivity index (χ1v) is 10.0. The minimum Gasteiger partial charge on any atom is -0.309 e. The van der Waals surface area contributed by atoms with Crippen LogP contribution in [0.2, 0.25) is 0 Å². The molecule has 4 nitrogen and oxygen atoms in total. The number of aromatic nitrogens is 4. The Balaban J connectivity index is 1.80. The molecule has 148 valence electrons. The zero-order chi connectivity index (χ0) is 20.7. The summed E-state index contributed by atoms with van der Waals surface area (Å²) >= 11 is 0. The van der Waals surface area contributed by atoms with E-state index in [1.807, 2.05) is 46.6 Å². The zero-order valence-corrected chi connectivity index (χ0v) is 16.9. The van der Waals surface area contributed by atoms with Gasteiger partial charge in [-0.15, -0.1) is 0 Å². The summed E-state index contributed by atoms with van der Waals surface area (Å²) < 4.78 is 17.4. The van der Waals surface area contributed by atoms with Crippen LogP contribution in [0, 0.1) is 12.7 Å². The van der Waals surface area contributed by atoms with Crippen LogP contribution in [-0.4, -0.2) is 19.2 Å². The zero-order valence-electron chi connectivity index (χ0n) is 16.9. The predicted octanol–water partition coefficient (Wildman–Crippen LogP) is 5.86. The van der Waals surface area contributed by atoms with Crippen LogP contribution in [0.3, 0.4) is 0 Å². The van der Waals surface area contributed by atoms with E-state index in [0.29, 0.717) is 0 Å². The number of benzene rings is 2. The highest BCUT2D eigenvalue weighted by atomic mass is 19.1. The van der Waals surface area contributed by atoms with Gasteiger partial charge < -0.3 is 4.57 Å². The lowest BCUT2D eigenvalue weighted by molar-refractivity contribution is 0.628. The van der Waals surface area contributed by atoms with Crippen LogP contribution in [0.4, 0.5) is 4.39 Å². The van der Waals surface area contributed by atoms with Crippen molar-refractivity contribution in [1.82, 2.24) is 19.2 Å². The molecule has 0 radical (unpaired) electrons. The fourth-order valence-corrected chi connectivity index (χ4v) is 3.80. The van der Waals surface area contributed by atoms with Gasteiger partial charge in [0, 0.05) is 29.6 Å². The van der Waals surface area contributed by atoms with E-state index in [-0.39, 0.29) is 5.82 Å². The number of aryl methyl sites for hydroxylation is 2. The van der Waals surface area contributed by atoms with E-state index in [0.717, 1.165) is 46.0 Å². The van der Waals surface area contributed by atoms with Crippen LogP contribution < -0.4 is 0 Å². The summed E-state index contributed by atoms with van der Waals surface area (Å²) in [5, 5.41) is 4.80. The summed E-state index contributed by atoms with van der Waals surface area (Å²) in [4.78, 5) is 4.95. The molecule has 5 heteroatoms. The van der Waals surface area contributed by atoms with Gasteiger partial charge in [0.05, 0.1) is 11.4 Å². The third kappa shape index (κ3) is 3.08. The van der Waals surface area contributed by atoms with Gasteiger partial charge in [-0.2, -0.15) is 5.10 Å². The Labute approximate surface area is 174 Å². The summed E-state index contributed by atoms with van der Waals surface area (Å²) in [6.45, 7) is 4.15. The van der Waals surface area contributed by atoms with Crippen molar-refractivity contribution in [1.29, 1.82) is 0 Å². The number of nitrogens with zero attached hydrogens (tertiary/aromatic N) is 4. The number of fused-ring (bicyclic) bond motifs is 1.